The van der Waals surface area contributed by atoms with Gasteiger partial charge in [-0.3, -0.25) is 9.59 Å². The Morgan fingerprint density at radius 1 is 1.13 bits per heavy atom. The van der Waals surface area contributed by atoms with Crippen LogP contribution < -0.4 is 15.4 Å². The van der Waals surface area contributed by atoms with Crippen LogP contribution in [0.4, 0.5) is 10.1 Å². The Kier molecular flexibility index (Phi) is 6.79. The highest BCUT2D eigenvalue weighted by atomic mass is 19.1. The van der Waals surface area contributed by atoms with Gasteiger partial charge in [0.05, 0.1) is 25.5 Å². The first-order chi connectivity index (χ1) is 14.4. The normalized spacial score (nSPS) is 10.5. The van der Waals surface area contributed by atoms with Crippen molar-refractivity contribution < 1.29 is 23.1 Å². The number of ether oxygens (including phenoxy) is 1. The summed E-state index contributed by atoms with van der Waals surface area (Å²) in [7, 11) is 1.52. The summed E-state index contributed by atoms with van der Waals surface area (Å²) < 4.78 is 23.8. The lowest BCUT2D eigenvalue weighted by Gasteiger charge is -2.11. The molecule has 0 aliphatic rings. The summed E-state index contributed by atoms with van der Waals surface area (Å²) in [5.41, 5.74) is 2.22. The lowest BCUT2D eigenvalue weighted by atomic mass is 10.2. The Labute approximate surface area is 173 Å². The Morgan fingerprint density at radius 3 is 2.63 bits per heavy atom. The fourth-order valence-corrected chi connectivity index (χ4v) is 2.78. The number of oxazole rings is 1. The van der Waals surface area contributed by atoms with Gasteiger partial charge in [0.2, 0.25) is 11.8 Å². The first-order valence-electron chi connectivity index (χ1n) is 9.36. The van der Waals surface area contributed by atoms with Crippen LogP contribution in [-0.2, 0) is 16.0 Å². The maximum absolute atomic E-state index is 13.0. The number of methoxy groups -OCH3 is 1. The van der Waals surface area contributed by atoms with Gasteiger partial charge in [0.1, 0.15) is 11.6 Å². The van der Waals surface area contributed by atoms with Gasteiger partial charge in [0.15, 0.2) is 11.7 Å². The molecule has 0 saturated heterocycles. The van der Waals surface area contributed by atoms with Crippen molar-refractivity contribution in [2.45, 2.75) is 19.8 Å². The molecule has 8 heteroatoms. The molecule has 0 aliphatic carbocycles. The van der Waals surface area contributed by atoms with E-state index in [0.717, 1.165) is 5.56 Å². The molecule has 30 heavy (non-hydrogen) atoms. The van der Waals surface area contributed by atoms with E-state index in [1.54, 1.807) is 24.3 Å². The predicted octanol–water partition coefficient (Wildman–Crippen LogP) is 3.49. The van der Waals surface area contributed by atoms with Crippen LogP contribution in [0.3, 0.4) is 0 Å². The van der Waals surface area contributed by atoms with E-state index in [4.69, 9.17) is 9.15 Å². The van der Waals surface area contributed by atoms with Crippen LogP contribution in [0.25, 0.3) is 11.3 Å². The van der Waals surface area contributed by atoms with Crippen molar-refractivity contribution >= 4 is 17.5 Å². The van der Waals surface area contributed by atoms with Crippen LogP contribution >= 0.6 is 0 Å². The van der Waals surface area contributed by atoms with Crippen LogP contribution in [0.5, 0.6) is 5.75 Å². The number of anilines is 1. The minimum atomic E-state index is -0.359. The number of amides is 2. The van der Waals surface area contributed by atoms with Crippen molar-refractivity contribution in [3.05, 3.63) is 65.9 Å². The van der Waals surface area contributed by atoms with E-state index in [1.165, 1.54) is 25.4 Å². The lowest BCUT2D eigenvalue weighted by molar-refractivity contribution is -0.124. The van der Waals surface area contributed by atoms with Gasteiger partial charge in [-0.1, -0.05) is 6.07 Å². The number of nitrogens with one attached hydrogen (secondary N) is 2. The molecule has 0 unspecified atom stereocenters. The van der Waals surface area contributed by atoms with Crippen LogP contribution in [0.15, 0.2) is 53.1 Å². The fourth-order valence-electron chi connectivity index (χ4n) is 2.78. The second kappa shape index (κ2) is 9.69. The van der Waals surface area contributed by atoms with Gasteiger partial charge in [-0.2, -0.15) is 0 Å². The Morgan fingerprint density at radius 2 is 1.90 bits per heavy atom. The second-order valence-electron chi connectivity index (χ2n) is 6.65. The largest absolute Gasteiger partial charge is 0.495 e. The molecule has 3 rings (SSSR count). The predicted molar refractivity (Wildman–Crippen MR) is 110 cm³/mol. The molecule has 0 radical (unpaired) electrons. The Hall–Kier alpha value is -3.68. The molecule has 0 aliphatic heterocycles. The molecule has 2 N–H and O–H groups in total. The smallest absolute Gasteiger partial charge is 0.243 e. The summed E-state index contributed by atoms with van der Waals surface area (Å²) in [6.07, 6.45) is 1.92. The van der Waals surface area contributed by atoms with Gasteiger partial charge in [0, 0.05) is 18.4 Å². The molecule has 0 atom stereocenters. The highest BCUT2D eigenvalue weighted by Crippen LogP contribution is 2.25. The van der Waals surface area contributed by atoms with Gasteiger partial charge >= 0.3 is 0 Å². The molecule has 7 nitrogen and oxygen atoms in total. The van der Waals surface area contributed by atoms with Crippen molar-refractivity contribution in [3.63, 3.8) is 0 Å². The van der Waals surface area contributed by atoms with Crippen LogP contribution in [0, 0.1) is 12.7 Å². The minimum Gasteiger partial charge on any atom is -0.495 e. The first-order valence-corrected chi connectivity index (χ1v) is 9.36. The van der Waals surface area contributed by atoms with Crippen molar-refractivity contribution in [1.29, 1.82) is 0 Å². The molecular weight excluding hydrogens is 389 g/mol. The number of nitrogens with zero attached hydrogens (tertiary/aromatic N) is 1. The van der Waals surface area contributed by atoms with E-state index in [2.05, 4.69) is 15.6 Å². The lowest BCUT2D eigenvalue weighted by Crippen LogP contribution is -2.33. The van der Waals surface area contributed by atoms with Crippen molar-refractivity contribution in [2.75, 3.05) is 19.0 Å². The molecule has 0 saturated carbocycles. The zero-order valence-electron chi connectivity index (χ0n) is 16.7. The number of aromatic nitrogens is 1. The van der Waals surface area contributed by atoms with E-state index in [-0.39, 0.29) is 37.0 Å². The summed E-state index contributed by atoms with van der Waals surface area (Å²) >= 11 is 0. The monoisotopic (exact) mass is 411 g/mol. The molecule has 2 aromatic carbocycles. The number of rotatable bonds is 8. The summed E-state index contributed by atoms with van der Waals surface area (Å²) in [6, 6.07) is 11.3. The number of aryl methyl sites for hydroxylation is 2. The van der Waals surface area contributed by atoms with Gasteiger partial charge in [0.25, 0.3) is 0 Å². The number of benzene rings is 2. The second-order valence-corrected chi connectivity index (χ2v) is 6.65. The molecule has 156 valence electrons. The molecular formula is C22H22FN3O4. The Bertz CT molecular complexity index is 1030. The van der Waals surface area contributed by atoms with Crippen molar-refractivity contribution in [2.24, 2.45) is 0 Å². The standard InChI is InChI=1S/C22H22FN3O4/c1-14-3-8-18(29-2)17(11-14)26-21(28)13-24-20(27)9-10-22-25-12-19(30-22)15-4-6-16(23)7-5-15/h3-8,11-12H,9-10,13H2,1-2H3,(H,24,27)(H,26,28). The average molecular weight is 411 g/mol. The molecule has 0 fully saturated rings. The van der Waals surface area contributed by atoms with Crippen molar-refractivity contribution in [3.8, 4) is 17.1 Å². The number of carbonyl (C=O) groups is 2. The van der Waals surface area contributed by atoms with E-state index < -0.39 is 0 Å². The van der Waals surface area contributed by atoms with Gasteiger partial charge in [-0.25, -0.2) is 9.37 Å². The van der Waals surface area contributed by atoms with E-state index in [0.29, 0.717) is 28.7 Å². The third-order valence-electron chi connectivity index (χ3n) is 4.32. The maximum atomic E-state index is 13.0. The van der Waals surface area contributed by atoms with Gasteiger partial charge < -0.3 is 19.8 Å². The topological polar surface area (TPSA) is 93.5 Å². The molecule has 3 aromatic rings. The van der Waals surface area contributed by atoms with Crippen LogP contribution in [0.2, 0.25) is 0 Å². The van der Waals surface area contributed by atoms with Crippen molar-refractivity contribution in [1.82, 2.24) is 10.3 Å². The fraction of sp³-hybridized carbons (Fsp3) is 0.227. The molecule has 1 heterocycles. The Balaban J connectivity index is 1.46. The van der Waals surface area contributed by atoms with Crippen LogP contribution in [-0.4, -0.2) is 30.5 Å². The third kappa shape index (κ3) is 5.66. The molecule has 0 bridgehead atoms. The van der Waals surface area contributed by atoms with E-state index >= 15 is 0 Å². The highest BCUT2D eigenvalue weighted by molar-refractivity contribution is 5.95. The molecule has 2 amide bonds. The number of hydrogen-bond donors (Lipinski definition) is 2. The average Bonchev–Trinajstić information content (AvgIpc) is 3.20. The minimum absolute atomic E-state index is 0.115. The molecule has 0 spiro atoms. The quantitative estimate of drug-likeness (QED) is 0.592. The van der Waals surface area contributed by atoms with Gasteiger partial charge in [-0.15, -0.1) is 0 Å². The van der Waals surface area contributed by atoms with Gasteiger partial charge in [-0.05, 0) is 48.9 Å². The zero-order valence-corrected chi connectivity index (χ0v) is 16.7. The highest BCUT2D eigenvalue weighted by Gasteiger charge is 2.12. The number of hydrogen-bond acceptors (Lipinski definition) is 5. The first kappa shape index (κ1) is 21.0. The van der Waals surface area contributed by atoms with E-state index in [9.17, 15) is 14.0 Å². The maximum Gasteiger partial charge on any atom is 0.243 e. The summed E-state index contributed by atoms with van der Waals surface area (Å²) in [5, 5.41) is 5.29. The number of halogens is 1. The third-order valence-corrected chi connectivity index (χ3v) is 4.32. The molecule has 1 aromatic heterocycles. The summed E-state index contributed by atoms with van der Waals surface area (Å²) in [4.78, 5) is 28.3. The zero-order chi connectivity index (χ0) is 21.5. The van der Waals surface area contributed by atoms with E-state index in [1.807, 2.05) is 13.0 Å². The SMILES string of the molecule is COc1ccc(C)cc1NC(=O)CNC(=O)CCc1ncc(-c2ccc(F)cc2)o1. The number of carbonyl (C=O) groups excluding carboxylic acids is 2. The van der Waals surface area contributed by atoms with Crippen LogP contribution in [0.1, 0.15) is 17.9 Å². The summed E-state index contributed by atoms with van der Waals surface area (Å²) in [5.74, 6) is 0.432. The summed E-state index contributed by atoms with van der Waals surface area (Å²) in [6.45, 7) is 1.74.